The Morgan fingerprint density at radius 2 is 1.80 bits per heavy atom. The number of nitrogens with zero attached hydrogens (tertiary/aromatic N) is 3. The van der Waals surface area contributed by atoms with Gasteiger partial charge in [-0.05, 0) is 94.2 Å². The molecule has 8 heteroatoms. The molecule has 2 aromatic carbocycles. The lowest BCUT2D eigenvalue weighted by molar-refractivity contribution is 0.0665. The van der Waals surface area contributed by atoms with Gasteiger partial charge in [-0.25, -0.2) is 0 Å². The van der Waals surface area contributed by atoms with E-state index in [-0.39, 0.29) is 24.1 Å². The van der Waals surface area contributed by atoms with E-state index in [9.17, 15) is 9.59 Å². The zero-order chi connectivity index (χ0) is 28.9. The lowest BCUT2D eigenvalue weighted by Crippen LogP contribution is -2.40. The van der Waals surface area contributed by atoms with E-state index >= 15 is 0 Å². The zero-order valence-electron chi connectivity index (χ0n) is 24.6. The number of pyridine rings is 1. The normalized spacial score (nSPS) is 13.9. The number of amides is 1. The monoisotopic (exact) mass is 555 g/mol. The highest BCUT2D eigenvalue weighted by molar-refractivity contribution is 6.08. The van der Waals surface area contributed by atoms with E-state index in [2.05, 4.69) is 58.4 Å². The Balaban J connectivity index is 1.42. The number of benzene rings is 2. The number of fused-ring (bicyclic) bond motifs is 1. The second-order valence-electron chi connectivity index (χ2n) is 11.6. The van der Waals surface area contributed by atoms with Crippen molar-refractivity contribution in [3.63, 3.8) is 0 Å². The van der Waals surface area contributed by atoms with Gasteiger partial charge in [0.1, 0.15) is 0 Å². The van der Waals surface area contributed by atoms with Crippen LogP contribution in [0.15, 0.2) is 53.5 Å². The van der Waals surface area contributed by atoms with Crippen LogP contribution in [0.5, 0.6) is 0 Å². The SMILES string of the molecule is Cc1cc(C)c(CN(C(=O)c2cc(-c3ccc(COCCCN(C)C)cc3)cc3[nH]ncc23)C2CCCC2)c(=O)[nH]1. The van der Waals surface area contributed by atoms with Gasteiger partial charge in [-0.15, -0.1) is 0 Å². The van der Waals surface area contributed by atoms with Crippen LogP contribution in [-0.4, -0.2) is 64.2 Å². The van der Waals surface area contributed by atoms with E-state index in [1.807, 2.05) is 36.9 Å². The predicted octanol–water partition coefficient (Wildman–Crippen LogP) is 5.59. The number of aromatic amines is 2. The number of hydrogen-bond acceptors (Lipinski definition) is 5. The van der Waals surface area contributed by atoms with Crippen molar-refractivity contribution in [2.75, 3.05) is 27.2 Å². The summed E-state index contributed by atoms with van der Waals surface area (Å²) in [5, 5.41) is 8.12. The Bertz CT molecular complexity index is 1550. The molecule has 2 N–H and O–H groups in total. The topological polar surface area (TPSA) is 94.3 Å². The van der Waals surface area contributed by atoms with E-state index in [4.69, 9.17) is 4.74 Å². The molecule has 5 rings (SSSR count). The molecule has 1 aliphatic carbocycles. The minimum absolute atomic E-state index is 0.0627. The summed E-state index contributed by atoms with van der Waals surface area (Å²) in [7, 11) is 4.13. The quantitative estimate of drug-likeness (QED) is 0.235. The maximum absolute atomic E-state index is 14.3. The highest BCUT2D eigenvalue weighted by atomic mass is 16.5. The average molecular weight is 556 g/mol. The van der Waals surface area contributed by atoms with Crippen LogP contribution in [0.2, 0.25) is 0 Å². The molecular formula is C33H41N5O3. The van der Waals surface area contributed by atoms with Gasteiger partial charge in [0.05, 0.1) is 30.4 Å². The number of aryl methyl sites for hydroxylation is 2. The maximum Gasteiger partial charge on any atom is 0.255 e. The molecule has 0 aliphatic heterocycles. The molecular weight excluding hydrogens is 514 g/mol. The molecule has 41 heavy (non-hydrogen) atoms. The number of carbonyl (C=O) groups excluding carboxylic acids is 1. The van der Waals surface area contributed by atoms with Gasteiger partial charge in [-0.2, -0.15) is 5.10 Å². The fraction of sp³-hybridized carbons (Fsp3) is 0.424. The zero-order valence-corrected chi connectivity index (χ0v) is 24.6. The van der Waals surface area contributed by atoms with Crippen molar-refractivity contribution in [1.29, 1.82) is 0 Å². The van der Waals surface area contributed by atoms with Crippen LogP contribution in [0.25, 0.3) is 22.0 Å². The molecule has 1 fully saturated rings. The Morgan fingerprint density at radius 1 is 1.05 bits per heavy atom. The number of aromatic nitrogens is 3. The predicted molar refractivity (Wildman–Crippen MR) is 163 cm³/mol. The largest absolute Gasteiger partial charge is 0.377 e. The minimum atomic E-state index is -0.123. The summed E-state index contributed by atoms with van der Waals surface area (Å²) >= 11 is 0. The summed E-state index contributed by atoms with van der Waals surface area (Å²) in [6.07, 6.45) is 6.79. The van der Waals surface area contributed by atoms with E-state index < -0.39 is 0 Å². The van der Waals surface area contributed by atoms with E-state index in [1.54, 1.807) is 6.20 Å². The van der Waals surface area contributed by atoms with Gasteiger partial charge >= 0.3 is 0 Å². The standard InChI is InChI=1S/C33H41N5O3/c1-22-16-23(2)35-32(39)30(22)20-38(27-8-5-6-9-27)33(40)28-17-26(18-31-29(28)19-34-36-31)25-12-10-24(11-13-25)21-41-15-7-14-37(3)4/h10-13,16-19,27H,5-9,14-15,20-21H2,1-4H3,(H,34,36)(H,35,39). The third-order valence-electron chi connectivity index (χ3n) is 8.09. The number of rotatable bonds is 11. The van der Waals surface area contributed by atoms with Crippen molar-refractivity contribution < 1.29 is 9.53 Å². The third kappa shape index (κ3) is 6.77. The fourth-order valence-corrected chi connectivity index (χ4v) is 5.85. The first-order chi connectivity index (χ1) is 19.8. The first-order valence-corrected chi connectivity index (χ1v) is 14.6. The molecule has 0 spiro atoms. The van der Waals surface area contributed by atoms with Gasteiger partial charge in [-0.1, -0.05) is 37.1 Å². The van der Waals surface area contributed by atoms with Crippen LogP contribution in [0.3, 0.4) is 0 Å². The minimum Gasteiger partial charge on any atom is -0.377 e. The van der Waals surface area contributed by atoms with Crippen LogP contribution in [0.4, 0.5) is 0 Å². The highest BCUT2D eigenvalue weighted by Gasteiger charge is 2.30. The van der Waals surface area contributed by atoms with Gasteiger partial charge in [-0.3, -0.25) is 14.7 Å². The summed E-state index contributed by atoms with van der Waals surface area (Å²) < 4.78 is 5.85. The van der Waals surface area contributed by atoms with Crippen LogP contribution in [-0.2, 0) is 17.9 Å². The molecule has 4 aromatic rings. The summed E-state index contributed by atoms with van der Waals surface area (Å²) in [4.78, 5) is 34.2. The van der Waals surface area contributed by atoms with E-state index in [0.717, 1.165) is 84.1 Å². The molecule has 2 heterocycles. The molecule has 0 unspecified atom stereocenters. The number of nitrogens with one attached hydrogen (secondary N) is 2. The Kier molecular flexibility index (Phi) is 9.00. The maximum atomic E-state index is 14.3. The first kappa shape index (κ1) is 28.8. The van der Waals surface area contributed by atoms with Crippen molar-refractivity contribution in [2.24, 2.45) is 0 Å². The highest BCUT2D eigenvalue weighted by Crippen LogP contribution is 2.31. The van der Waals surface area contributed by atoms with Gasteiger partial charge < -0.3 is 19.5 Å². The summed E-state index contributed by atoms with van der Waals surface area (Å²) in [5.41, 5.74) is 6.75. The Labute approximate surface area is 241 Å². The molecule has 1 aliphatic rings. The van der Waals surface area contributed by atoms with Gasteiger partial charge in [0, 0.05) is 29.3 Å². The summed E-state index contributed by atoms with van der Waals surface area (Å²) in [5.74, 6) is -0.0627. The summed E-state index contributed by atoms with van der Waals surface area (Å²) in [6, 6.07) is 14.4. The first-order valence-electron chi connectivity index (χ1n) is 14.6. The van der Waals surface area contributed by atoms with Crippen LogP contribution in [0.1, 0.15) is 64.8 Å². The van der Waals surface area contributed by atoms with Crippen LogP contribution < -0.4 is 5.56 Å². The Morgan fingerprint density at radius 3 is 2.51 bits per heavy atom. The molecule has 0 radical (unpaired) electrons. The molecule has 1 amide bonds. The van der Waals surface area contributed by atoms with Gasteiger partial charge in [0.15, 0.2) is 0 Å². The van der Waals surface area contributed by atoms with Crippen molar-refractivity contribution in [1.82, 2.24) is 25.0 Å². The molecule has 1 saturated carbocycles. The number of H-pyrrole nitrogens is 2. The van der Waals surface area contributed by atoms with E-state index in [1.165, 1.54) is 0 Å². The molecule has 0 bridgehead atoms. The smallest absolute Gasteiger partial charge is 0.255 e. The number of carbonyl (C=O) groups is 1. The van der Waals surface area contributed by atoms with Crippen LogP contribution >= 0.6 is 0 Å². The van der Waals surface area contributed by atoms with Crippen molar-refractivity contribution in [3.8, 4) is 11.1 Å². The Hall–Kier alpha value is -3.75. The summed E-state index contributed by atoms with van der Waals surface area (Å²) in [6.45, 7) is 6.43. The van der Waals surface area contributed by atoms with Crippen molar-refractivity contribution in [2.45, 2.75) is 65.1 Å². The molecule has 0 atom stereocenters. The molecule has 0 saturated heterocycles. The molecule has 8 nitrogen and oxygen atoms in total. The fourth-order valence-electron chi connectivity index (χ4n) is 5.85. The van der Waals surface area contributed by atoms with E-state index in [0.29, 0.717) is 17.7 Å². The van der Waals surface area contributed by atoms with Gasteiger partial charge in [0.25, 0.3) is 11.5 Å². The average Bonchev–Trinajstić information content (AvgIpc) is 3.64. The second-order valence-corrected chi connectivity index (χ2v) is 11.6. The molecule has 2 aromatic heterocycles. The second kappa shape index (κ2) is 12.8. The van der Waals surface area contributed by atoms with Crippen molar-refractivity contribution >= 4 is 16.8 Å². The molecule has 216 valence electrons. The third-order valence-corrected chi connectivity index (χ3v) is 8.09. The lowest BCUT2D eigenvalue weighted by atomic mass is 9.98. The van der Waals surface area contributed by atoms with Gasteiger partial charge in [0.2, 0.25) is 0 Å². The lowest BCUT2D eigenvalue weighted by Gasteiger charge is -2.30. The number of ether oxygens (including phenoxy) is 1. The van der Waals surface area contributed by atoms with Crippen LogP contribution in [0, 0.1) is 13.8 Å². The van der Waals surface area contributed by atoms with Crippen molar-refractivity contribution in [3.05, 3.63) is 87.0 Å². The number of hydrogen-bond donors (Lipinski definition) is 2.